The van der Waals surface area contributed by atoms with Gasteiger partial charge in [0.25, 0.3) is 0 Å². The minimum Gasteiger partial charge on any atom is -0.399 e. The number of nitrogen functional groups attached to an aromatic ring is 1. The Morgan fingerprint density at radius 1 is 1.26 bits per heavy atom. The van der Waals surface area contributed by atoms with Crippen molar-refractivity contribution < 1.29 is 4.79 Å². The SMILES string of the molecule is CC(=O)c1cccc(Nc2ccc(N)cc2C#N)c1. The summed E-state index contributed by atoms with van der Waals surface area (Å²) >= 11 is 0. The van der Waals surface area contributed by atoms with Crippen LogP contribution in [0.5, 0.6) is 0 Å². The Bertz CT molecular complexity index is 671. The van der Waals surface area contributed by atoms with E-state index >= 15 is 0 Å². The summed E-state index contributed by atoms with van der Waals surface area (Å²) in [5.74, 6) is 0.00135. The maximum absolute atomic E-state index is 11.3. The first-order chi connectivity index (χ1) is 9.10. The Morgan fingerprint density at radius 2 is 2.05 bits per heavy atom. The minimum absolute atomic E-state index is 0.00135. The molecule has 2 aromatic rings. The highest BCUT2D eigenvalue weighted by Gasteiger charge is 2.05. The van der Waals surface area contributed by atoms with Crippen LogP contribution in [0.25, 0.3) is 0 Å². The molecule has 0 amide bonds. The number of carbonyl (C=O) groups excluding carboxylic acids is 1. The standard InChI is InChI=1S/C15H13N3O/c1-10(19)11-3-2-4-14(8-11)18-15-6-5-13(17)7-12(15)9-16/h2-8,18H,17H2,1H3. The zero-order valence-corrected chi connectivity index (χ0v) is 10.5. The van der Waals surface area contributed by atoms with Gasteiger partial charge in [0.2, 0.25) is 0 Å². The topological polar surface area (TPSA) is 78.9 Å². The molecule has 19 heavy (non-hydrogen) atoms. The van der Waals surface area contributed by atoms with E-state index in [0.29, 0.717) is 22.5 Å². The fourth-order valence-electron chi connectivity index (χ4n) is 1.73. The van der Waals surface area contributed by atoms with Crippen molar-refractivity contribution in [2.45, 2.75) is 6.92 Å². The Morgan fingerprint density at radius 3 is 2.74 bits per heavy atom. The third kappa shape index (κ3) is 2.90. The van der Waals surface area contributed by atoms with Gasteiger partial charge in [-0.25, -0.2) is 0 Å². The summed E-state index contributed by atoms with van der Waals surface area (Å²) in [6.45, 7) is 1.52. The number of benzene rings is 2. The van der Waals surface area contributed by atoms with E-state index in [2.05, 4.69) is 11.4 Å². The smallest absolute Gasteiger partial charge is 0.159 e. The van der Waals surface area contributed by atoms with Crippen molar-refractivity contribution in [2.75, 3.05) is 11.1 Å². The Labute approximate surface area is 111 Å². The molecule has 0 aliphatic rings. The second kappa shape index (κ2) is 5.23. The fourth-order valence-corrected chi connectivity index (χ4v) is 1.73. The molecule has 2 aromatic carbocycles. The average molecular weight is 251 g/mol. The van der Waals surface area contributed by atoms with Crippen LogP contribution in [0.4, 0.5) is 17.1 Å². The molecule has 94 valence electrons. The lowest BCUT2D eigenvalue weighted by atomic mass is 10.1. The molecule has 0 bridgehead atoms. The van der Waals surface area contributed by atoms with E-state index < -0.39 is 0 Å². The summed E-state index contributed by atoms with van der Waals surface area (Å²) < 4.78 is 0. The van der Waals surface area contributed by atoms with Crippen LogP contribution in [0.2, 0.25) is 0 Å². The third-order valence-corrected chi connectivity index (χ3v) is 2.71. The van der Waals surface area contributed by atoms with Gasteiger partial charge in [-0.3, -0.25) is 4.79 Å². The molecule has 0 heterocycles. The number of hydrogen-bond acceptors (Lipinski definition) is 4. The van der Waals surface area contributed by atoms with Gasteiger partial charge >= 0.3 is 0 Å². The van der Waals surface area contributed by atoms with Gasteiger partial charge in [0.05, 0.1) is 11.3 Å². The number of nitrogens with one attached hydrogen (secondary N) is 1. The van der Waals surface area contributed by atoms with E-state index in [0.717, 1.165) is 5.69 Å². The Kier molecular flexibility index (Phi) is 3.48. The van der Waals surface area contributed by atoms with Gasteiger partial charge in [0, 0.05) is 16.9 Å². The highest BCUT2D eigenvalue weighted by atomic mass is 16.1. The summed E-state index contributed by atoms with van der Waals surface area (Å²) in [6.07, 6.45) is 0. The monoisotopic (exact) mass is 251 g/mol. The van der Waals surface area contributed by atoms with Crippen molar-refractivity contribution >= 4 is 22.8 Å². The molecule has 4 heteroatoms. The third-order valence-electron chi connectivity index (χ3n) is 2.71. The molecule has 0 aromatic heterocycles. The number of nitriles is 1. The van der Waals surface area contributed by atoms with Crippen LogP contribution in [0.1, 0.15) is 22.8 Å². The molecule has 0 unspecified atom stereocenters. The van der Waals surface area contributed by atoms with Gasteiger partial charge in [-0.15, -0.1) is 0 Å². The number of Topliss-reactive ketones (excluding diaryl/α,β-unsaturated/α-hetero) is 1. The molecule has 0 aliphatic heterocycles. The van der Waals surface area contributed by atoms with Crippen molar-refractivity contribution in [1.82, 2.24) is 0 Å². The summed E-state index contributed by atoms with van der Waals surface area (Å²) in [7, 11) is 0. The lowest BCUT2D eigenvalue weighted by Crippen LogP contribution is -1.97. The molecule has 4 nitrogen and oxygen atoms in total. The number of rotatable bonds is 3. The van der Waals surface area contributed by atoms with Crippen LogP contribution in [-0.4, -0.2) is 5.78 Å². The predicted molar refractivity (Wildman–Crippen MR) is 75.3 cm³/mol. The normalized spacial score (nSPS) is 9.68. The summed E-state index contributed by atoms with van der Waals surface area (Å²) in [5.41, 5.74) is 8.69. The van der Waals surface area contributed by atoms with E-state index in [1.54, 1.807) is 36.4 Å². The molecule has 0 atom stereocenters. The van der Waals surface area contributed by atoms with Gasteiger partial charge in [-0.05, 0) is 37.3 Å². The molecule has 2 rings (SSSR count). The van der Waals surface area contributed by atoms with E-state index in [9.17, 15) is 4.79 Å². The van der Waals surface area contributed by atoms with Crippen LogP contribution in [-0.2, 0) is 0 Å². The molecule has 0 saturated carbocycles. The zero-order valence-electron chi connectivity index (χ0n) is 10.5. The molecule has 0 spiro atoms. The molecule has 0 radical (unpaired) electrons. The molecule has 0 fully saturated rings. The second-order valence-electron chi connectivity index (χ2n) is 4.18. The minimum atomic E-state index is 0.00135. The van der Waals surface area contributed by atoms with Crippen LogP contribution < -0.4 is 11.1 Å². The fraction of sp³-hybridized carbons (Fsp3) is 0.0667. The lowest BCUT2D eigenvalue weighted by Gasteiger charge is -2.09. The van der Waals surface area contributed by atoms with Crippen molar-refractivity contribution in [3.8, 4) is 6.07 Å². The molecular weight excluding hydrogens is 238 g/mol. The van der Waals surface area contributed by atoms with E-state index in [-0.39, 0.29) is 5.78 Å². The van der Waals surface area contributed by atoms with Crippen LogP contribution in [0, 0.1) is 11.3 Å². The second-order valence-corrected chi connectivity index (χ2v) is 4.18. The zero-order chi connectivity index (χ0) is 13.8. The van der Waals surface area contributed by atoms with Crippen LogP contribution >= 0.6 is 0 Å². The van der Waals surface area contributed by atoms with E-state index in [4.69, 9.17) is 11.0 Å². The first-order valence-corrected chi connectivity index (χ1v) is 5.78. The van der Waals surface area contributed by atoms with Crippen molar-refractivity contribution in [3.05, 3.63) is 53.6 Å². The first-order valence-electron chi connectivity index (χ1n) is 5.78. The molecule has 0 aliphatic carbocycles. The Hall–Kier alpha value is -2.80. The van der Waals surface area contributed by atoms with Crippen LogP contribution in [0.15, 0.2) is 42.5 Å². The molecule has 3 N–H and O–H groups in total. The number of nitrogens with two attached hydrogens (primary N) is 1. The molecule has 0 saturated heterocycles. The highest BCUT2D eigenvalue weighted by Crippen LogP contribution is 2.23. The summed E-state index contributed by atoms with van der Waals surface area (Å²) in [6, 6.07) is 14.3. The van der Waals surface area contributed by atoms with Crippen molar-refractivity contribution in [3.63, 3.8) is 0 Å². The van der Waals surface area contributed by atoms with Gasteiger partial charge < -0.3 is 11.1 Å². The van der Waals surface area contributed by atoms with Gasteiger partial charge in [0.1, 0.15) is 6.07 Å². The lowest BCUT2D eigenvalue weighted by molar-refractivity contribution is 0.101. The van der Waals surface area contributed by atoms with Gasteiger partial charge in [0.15, 0.2) is 5.78 Å². The Balaban J connectivity index is 2.34. The largest absolute Gasteiger partial charge is 0.399 e. The first kappa shape index (κ1) is 12.7. The van der Waals surface area contributed by atoms with Crippen molar-refractivity contribution in [1.29, 1.82) is 5.26 Å². The maximum Gasteiger partial charge on any atom is 0.159 e. The van der Waals surface area contributed by atoms with Gasteiger partial charge in [-0.1, -0.05) is 12.1 Å². The number of nitrogens with zero attached hydrogens (tertiary/aromatic N) is 1. The van der Waals surface area contributed by atoms with E-state index in [1.807, 2.05) is 6.07 Å². The van der Waals surface area contributed by atoms with Gasteiger partial charge in [-0.2, -0.15) is 5.26 Å². The summed E-state index contributed by atoms with van der Waals surface area (Å²) in [5, 5.41) is 12.2. The quantitative estimate of drug-likeness (QED) is 0.649. The highest BCUT2D eigenvalue weighted by molar-refractivity contribution is 5.95. The average Bonchev–Trinajstić information content (AvgIpc) is 2.41. The van der Waals surface area contributed by atoms with Crippen molar-refractivity contribution in [2.24, 2.45) is 0 Å². The molecular formula is C15H13N3O. The van der Waals surface area contributed by atoms with Crippen LogP contribution in [0.3, 0.4) is 0 Å². The number of ketones is 1. The maximum atomic E-state index is 11.3. The van der Waals surface area contributed by atoms with E-state index in [1.165, 1.54) is 6.92 Å². The number of anilines is 3. The number of carbonyl (C=O) groups is 1. The summed E-state index contributed by atoms with van der Waals surface area (Å²) in [4.78, 5) is 11.3. The number of hydrogen-bond donors (Lipinski definition) is 2. The predicted octanol–water partition coefficient (Wildman–Crippen LogP) is 3.09.